The van der Waals surface area contributed by atoms with Gasteiger partial charge in [0.1, 0.15) is 0 Å². The number of nitrogens with one attached hydrogen (secondary N) is 2. The van der Waals surface area contributed by atoms with Crippen LogP contribution in [0.4, 0.5) is 0 Å². The Morgan fingerprint density at radius 2 is 1.26 bits per heavy atom. The Morgan fingerprint density at radius 1 is 0.789 bits per heavy atom. The first-order valence-corrected chi connectivity index (χ1v) is 8.89. The normalized spacial score (nSPS) is 11.9. The van der Waals surface area contributed by atoms with Gasteiger partial charge in [0.15, 0.2) is 0 Å². The minimum atomic E-state index is -4.02. The smallest absolute Gasteiger partial charge is 0.330 e. The standard InChI is InChI=1S/C12H30N3O3P/c13-9-5-1-2-6-10-14-11-7-3-4-8-12-15-19(16,17)18/h14H,1-13H2,(H3,15,16,17,18). The molecule has 0 aliphatic carbocycles. The first kappa shape index (κ1) is 19.0. The zero-order chi connectivity index (χ0) is 14.4. The molecule has 0 heterocycles. The summed E-state index contributed by atoms with van der Waals surface area (Å²) >= 11 is 0. The molecule has 0 unspecified atom stereocenters. The SMILES string of the molecule is NCCCCCCNCCCCCCNP(=O)(O)O. The highest BCUT2D eigenvalue weighted by molar-refractivity contribution is 7.49. The summed E-state index contributed by atoms with van der Waals surface area (Å²) in [5.41, 5.74) is 5.42. The van der Waals surface area contributed by atoms with Crippen molar-refractivity contribution in [3.05, 3.63) is 0 Å². The van der Waals surface area contributed by atoms with E-state index < -0.39 is 7.75 Å². The van der Waals surface area contributed by atoms with Gasteiger partial charge in [-0.1, -0.05) is 25.7 Å². The Bertz CT molecular complexity index is 236. The summed E-state index contributed by atoms with van der Waals surface area (Å²) in [6, 6.07) is 0. The molecule has 0 aromatic heterocycles. The van der Waals surface area contributed by atoms with Crippen LogP contribution in [0.15, 0.2) is 0 Å². The van der Waals surface area contributed by atoms with E-state index in [1.54, 1.807) is 0 Å². The average molecular weight is 295 g/mol. The Labute approximate surface area is 116 Å². The Hall–Kier alpha value is 0.0300. The highest BCUT2D eigenvalue weighted by atomic mass is 31.2. The van der Waals surface area contributed by atoms with Crippen LogP contribution in [-0.4, -0.2) is 36.0 Å². The molecule has 0 atom stereocenters. The lowest BCUT2D eigenvalue weighted by Gasteiger charge is -2.06. The van der Waals surface area contributed by atoms with Crippen molar-refractivity contribution in [2.24, 2.45) is 5.73 Å². The summed E-state index contributed by atoms with van der Waals surface area (Å²) < 4.78 is 10.5. The van der Waals surface area contributed by atoms with Gasteiger partial charge in [0.2, 0.25) is 0 Å². The van der Waals surface area contributed by atoms with E-state index in [-0.39, 0.29) is 0 Å². The van der Waals surface area contributed by atoms with Gasteiger partial charge in [-0.2, -0.15) is 0 Å². The van der Waals surface area contributed by atoms with E-state index in [1.165, 1.54) is 19.3 Å². The van der Waals surface area contributed by atoms with Crippen LogP contribution in [0.1, 0.15) is 51.4 Å². The van der Waals surface area contributed by atoms with Crippen molar-refractivity contribution in [2.45, 2.75) is 51.4 Å². The number of hydrogen-bond acceptors (Lipinski definition) is 3. The number of rotatable bonds is 14. The average Bonchev–Trinajstić information content (AvgIpc) is 2.34. The summed E-state index contributed by atoms with van der Waals surface area (Å²) in [7, 11) is -4.02. The van der Waals surface area contributed by atoms with Crippen LogP contribution < -0.4 is 16.1 Å². The number of hydrogen-bond donors (Lipinski definition) is 5. The van der Waals surface area contributed by atoms with Gasteiger partial charge in [-0.15, -0.1) is 0 Å². The van der Waals surface area contributed by atoms with Crippen LogP contribution in [0.2, 0.25) is 0 Å². The fourth-order valence-corrected chi connectivity index (χ4v) is 2.28. The van der Waals surface area contributed by atoms with E-state index in [9.17, 15) is 4.57 Å². The number of unbranched alkanes of at least 4 members (excludes halogenated alkanes) is 6. The van der Waals surface area contributed by atoms with Crippen molar-refractivity contribution in [1.82, 2.24) is 10.4 Å². The van der Waals surface area contributed by atoms with Crippen molar-refractivity contribution in [3.63, 3.8) is 0 Å². The van der Waals surface area contributed by atoms with Gasteiger partial charge in [0, 0.05) is 6.54 Å². The van der Waals surface area contributed by atoms with Gasteiger partial charge < -0.3 is 20.8 Å². The summed E-state index contributed by atoms with van der Waals surface area (Å²) in [6.07, 6.45) is 8.86. The molecule has 0 amide bonds. The maximum Gasteiger partial charge on any atom is 0.400 e. The lowest BCUT2D eigenvalue weighted by Crippen LogP contribution is -2.16. The number of nitrogens with two attached hydrogens (primary N) is 1. The first-order chi connectivity index (χ1) is 9.06. The third-order valence-electron chi connectivity index (χ3n) is 2.91. The quantitative estimate of drug-likeness (QED) is 0.244. The summed E-state index contributed by atoms with van der Waals surface area (Å²) in [5, 5.41) is 5.61. The molecule has 0 aromatic rings. The van der Waals surface area contributed by atoms with Crippen LogP contribution in [-0.2, 0) is 4.57 Å². The van der Waals surface area contributed by atoms with E-state index >= 15 is 0 Å². The molecule has 7 heteroatoms. The van der Waals surface area contributed by atoms with Gasteiger partial charge in [0.05, 0.1) is 0 Å². The van der Waals surface area contributed by atoms with E-state index in [0.717, 1.165) is 51.7 Å². The van der Waals surface area contributed by atoms with Crippen LogP contribution in [0, 0.1) is 0 Å². The molecular formula is C12H30N3O3P. The predicted octanol–water partition coefficient (Wildman–Crippen LogP) is 1.34. The lowest BCUT2D eigenvalue weighted by atomic mass is 10.2. The molecule has 0 rings (SSSR count). The van der Waals surface area contributed by atoms with Crippen LogP contribution in [0.3, 0.4) is 0 Å². The molecule has 0 radical (unpaired) electrons. The van der Waals surface area contributed by atoms with Gasteiger partial charge in [-0.05, 0) is 45.3 Å². The van der Waals surface area contributed by atoms with Gasteiger partial charge >= 0.3 is 7.75 Å². The lowest BCUT2D eigenvalue weighted by molar-refractivity contribution is 0.356. The van der Waals surface area contributed by atoms with Crippen LogP contribution in [0.25, 0.3) is 0 Å². The second-order valence-electron chi connectivity index (χ2n) is 4.82. The van der Waals surface area contributed by atoms with Gasteiger partial charge in [-0.25, -0.2) is 9.65 Å². The second kappa shape index (κ2) is 13.0. The molecule has 0 fully saturated rings. The van der Waals surface area contributed by atoms with Crippen LogP contribution in [0.5, 0.6) is 0 Å². The highest BCUT2D eigenvalue weighted by Crippen LogP contribution is 2.27. The fourth-order valence-electron chi connectivity index (χ4n) is 1.83. The molecule has 0 saturated heterocycles. The van der Waals surface area contributed by atoms with Crippen LogP contribution >= 0.6 is 7.75 Å². The molecule has 0 spiro atoms. The Kier molecular flexibility index (Phi) is 13.1. The van der Waals surface area contributed by atoms with Crippen molar-refractivity contribution < 1.29 is 14.4 Å². The predicted molar refractivity (Wildman–Crippen MR) is 78.9 cm³/mol. The van der Waals surface area contributed by atoms with E-state index in [0.29, 0.717) is 6.54 Å². The van der Waals surface area contributed by atoms with Crippen molar-refractivity contribution in [1.29, 1.82) is 0 Å². The molecule has 0 aromatic carbocycles. The van der Waals surface area contributed by atoms with E-state index in [2.05, 4.69) is 10.4 Å². The monoisotopic (exact) mass is 295 g/mol. The van der Waals surface area contributed by atoms with Gasteiger partial charge in [-0.3, -0.25) is 0 Å². The minimum Gasteiger partial charge on any atom is -0.330 e. The third-order valence-corrected chi connectivity index (χ3v) is 3.54. The van der Waals surface area contributed by atoms with Crippen molar-refractivity contribution in [2.75, 3.05) is 26.2 Å². The molecule has 0 saturated carbocycles. The highest BCUT2D eigenvalue weighted by Gasteiger charge is 2.09. The molecule has 0 aliphatic heterocycles. The van der Waals surface area contributed by atoms with Crippen molar-refractivity contribution >= 4 is 7.75 Å². The van der Waals surface area contributed by atoms with E-state index in [4.69, 9.17) is 15.5 Å². The molecule has 0 aliphatic rings. The minimum absolute atomic E-state index is 0.388. The van der Waals surface area contributed by atoms with E-state index in [1.807, 2.05) is 0 Å². The fraction of sp³-hybridized carbons (Fsp3) is 1.00. The third kappa shape index (κ3) is 18.0. The maximum absolute atomic E-state index is 10.5. The summed E-state index contributed by atoms with van der Waals surface area (Å²) in [5.74, 6) is 0. The summed E-state index contributed by atoms with van der Waals surface area (Å²) in [6.45, 7) is 3.29. The Balaban J connectivity index is 3.01. The largest absolute Gasteiger partial charge is 0.400 e. The topological polar surface area (TPSA) is 108 Å². The molecule has 6 N–H and O–H groups in total. The summed E-state index contributed by atoms with van der Waals surface area (Å²) in [4.78, 5) is 17.2. The molecule has 6 nitrogen and oxygen atoms in total. The first-order valence-electron chi connectivity index (χ1n) is 7.28. The molecule has 116 valence electrons. The molecule has 0 bridgehead atoms. The zero-order valence-electron chi connectivity index (χ0n) is 11.8. The zero-order valence-corrected chi connectivity index (χ0v) is 12.7. The Morgan fingerprint density at radius 3 is 1.74 bits per heavy atom. The van der Waals surface area contributed by atoms with Gasteiger partial charge in [0.25, 0.3) is 0 Å². The van der Waals surface area contributed by atoms with Crippen molar-refractivity contribution in [3.8, 4) is 0 Å². The second-order valence-corrected chi connectivity index (χ2v) is 6.22. The molecule has 19 heavy (non-hydrogen) atoms. The molecular weight excluding hydrogens is 265 g/mol. The maximum atomic E-state index is 10.5.